The predicted molar refractivity (Wildman–Crippen MR) is 62.6 cm³/mol. The maximum atomic E-state index is 12.0. The van der Waals surface area contributed by atoms with E-state index in [0.717, 1.165) is 4.74 Å². The molecule has 1 aliphatic rings. The zero-order valence-corrected chi connectivity index (χ0v) is 9.98. The highest BCUT2D eigenvalue weighted by molar-refractivity contribution is 6.32. The van der Waals surface area contributed by atoms with Crippen molar-refractivity contribution in [2.75, 3.05) is 7.05 Å². The molecule has 0 unspecified atom stereocenters. The van der Waals surface area contributed by atoms with E-state index in [4.69, 9.17) is 0 Å². The Morgan fingerprint density at radius 1 is 1.40 bits per heavy atom. The lowest BCUT2D eigenvalue weighted by Crippen LogP contribution is -2.51. The predicted octanol–water partition coefficient (Wildman–Crippen LogP) is 1.08. The van der Waals surface area contributed by atoms with Gasteiger partial charge in [-0.3, -0.25) is 0 Å². The van der Waals surface area contributed by atoms with Crippen LogP contribution < -0.4 is 0 Å². The van der Waals surface area contributed by atoms with Crippen LogP contribution in [0.2, 0.25) is 0 Å². The van der Waals surface area contributed by atoms with Crippen LogP contribution >= 0.6 is 0 Å². The molecule has 0 aromatic heterocycles. The van der Waals surface area contributed by atoms with Crippen LogP contribution in [0.5, 0.6) is 0 Å². The van der Waals surface area contributed by atoms with E-state index in [1.807, 2.05) is 39.6 Å². The second-order valence-corrected chi connectivity index (χ2v) is 4.68. The summed E-state index contributed by atoms with van der Waals surface area (Å²) in [5.41, 5.74) is -0.312. The van der Waals surface area contributed by atoms with Crippen molar-refractivity contribution in [3.05, 3.63) is 5.21 Å². The van der Waals surface area contributed by atoms with Gasteiger partial charge in [0.15, 0.2) is 0 Å². The van der Waals surface area contributed by atoms with E-state index >= 15 is 0 Å². The number of nitrogens with zero attached hydrogens (tertiary/aromatic N) is 4. The fourth-order valence-corrected chi connectivity index (χ4v) is 1.84. The lowest BCUT2D eigenvalue weighted by atomic mass is 9.98. The van der Waals surface area contributed by atoms with E-state index in [-0.39, 0.29) is 5.54 Å². The van der Waals surface area contributed by atoms with Crippen molar-refractivity contribution in [3.63, 3.8) is 0 Å². The first-order chi connectivity index (χ1) is 6.76. The molecule has 0 amide bonds. The Bertz CT molecular complexity index is 341. The van der Waals surface area contributed by atoms with Crippen molar-refractivity contribution in [2.45, 2.75) is 38.9 Å². The fourth-order valence-electron chi connectivity index (χ4n) is 1.84. The molecule has 0 bridgehead atoms. The highest BCUT2D eigenvalue weighted by atomic mass is 16.5. The summed E-state index contributed by atoms with van der Waals surface area (Å²) < 4.78 is 0.974. The molecule has 84 valence electrons. The highest BCUT2D eigenvalue weighted by Crippen LogP contribution is 2.31. The third-order valence-corrected chi connectivity index (χ3v) is 3.26. The standard InChI is InChI=1S/C10H18N4O/c1-9(2)8(7-12-11-5)14(15)10(3,4)13(9)6/h7H,5H2,1-4,6H3/b12-7+. The molecular formula is C10H18N4O. The molecule has 1 aliphatic heterocycles. The van der Waals surface area contributed by atoms with Crippen LogP contribution in [0.3, 0.4) is 0 Å². The van der Waals surface area contributed by atoms with E-state index in [0.29, 0.717) is 5.71 Å². The summed E-state index contributed by atoms with van der Waals surface area (Å²) in [7, 11) is 1.92. The first-order valence-electron chi connectivity index (χ1n) is 4.84. The Morgan fingerprint density at radius 3 is 2.27 bits per heavy atom. The Balaban J connectivity index is 3.26. The SMILES string of the molecule is C=N/N=C/C1=[N+]([O-])C(C)(C)N(C)C1(C)C. The molecular weight excluding hydrogens is 192 g/mol. The first-order valence-corrected chi connectivity index (χ1v) is 4.84. The summed E-state index contributed by atoms with van der Waals surface area (Å²) >= 11 is 0. The first kappa shape index (κ1) is 11.8. The third kappa shape index (κ3) is 1.56. The van der Waals surface area contributed by atoms with E-state index < -0.39 is 5.66 Å². The van der Waals surface area contributed by atoms with Gasteiger partial charge in [0.25, 0.3) is 0 Å². The van der Waals surface area contributed by atoms with E-state index in [1.165, 1.54) is 6.21 Å². The number of hydroxylamine groups is 1. The van der Waals surface area contributed by atoms with Crippen molar-refractivity contribution in [2.24, 2.45) is 10.2 Å². The zero-order chi connectivity index (χ0) is 11.9. The van der Waals surface area contributed by atoms with Crippen molar-refractivity contribution < 1.29 is 4.74 Å². The van der Waals surface area contributed by atoms with Gasteiger partial charge in [-0.25, -0.2) is 4.90 Å². The molecule has 1 rings (SSSR count). The van der Waals surface area contributed by atoms with Crippen LogP contribution in [0.1, 0.15) is 27.7 Å². The average molecular weight is 210 g/mol. The smallest absolute Gasteiger partial charge is 0.229 e. The maximum absolute atomic E-state index is 12.0. The monoisotopic (exact) mass is 210 g/mol. The van der Waals surface area contributed by atoms with Gasteiger partial charge in [0.1, 0.15) is 11.8 Å². The number of rotatable bonds is 2. The van der Waals surface area contributed by atoms with Crippen LogP contribution in [0, 0.1) is 5.21 Å². The van der Waals surface area contributed by atoms with Gasteiger partial charge in [0, 0.05) is 20.6 Å². The summed E-state index contributed by atoms with van der Waals surface area (Å²) in [5, 5.41) is 19.1. The summed E-state index contributed by atoms with van der Waals surface area (Å²) in [5.74, 6) is 0. The van der Waals surface area contributed by atoms with E-state index in [2.05, 4.69) is 16.9 Å². The van der Waals surface area contributed by atoms with Crippen LogP contribution in [0.15, 0.2) is 10.2 Å². The minimum absolute atomic E-state index is 0.348. The quantitative estimate of drug-likeness (QED) is 0.296. The lowest BCUT2D eigenvalue weighted by molar-refractivity contribution is -0.555. The van der Waals surface area contributed by atoms with Gasteiger partial charge in [-0.2, -0.15) is 14.9 Å². The Kier molecular flexibility index (Phi) is 2.69. The molecule has 5 nitrogen and oxygen atoms in total. The third-order valence-electron chi connectivity index (χ3n) is 3.26. The minimum atomic E-state index is -0.563. The molecule has 1 heterocycles. The molecule has 0 spiro atoms. The summed E-state index contributed by atoms with van der Waals surface area (Å²) in [6.45, 7) is 11.0. The minimum Gasteiger partial charge on any atom is -0.622 e. The Hall–Kier alpha value is -1.23. The highest BCUT2D eigenvalue weighted by Gasteiger charge is 2.53. The molecule has 0 atom stereocenters. The molecule has 0 saturated heterocycles. The number of hydrogen-bond acceptors (Lipinski definition) is 4. The largest absolute Gasteiger partial charge is 0.622 e. The second kappa shape index (κ2) is 3.41. The molecule has 0 saturated carbocycles. The Labute approximate surface area is 90.4 Å². The van der Waals surface area contributed by atoms with Gasteiger partial charge in [-0.1, -0.05) is 0 Å². The fraction of sp³-hybridized carbons (Fsp3) is 0.700. The second-order valence-electron chi connectivity index (χ2n) is 4.68. The van der Waals surface area contributed by atoms with Crippen LogP contribution in [-0.2, 0) is 0 Å². The molecule has 0 aliphatic carbocycles. The molecule has 0 radical (unpaired) electrons. The van der Waals surface area contributed by atoms with Crippen molar-refractivity contribution in [3.8, 4) is 0 Å². The summed E-state index contributed by atoms with van der Waals surface area (Å²) in [6.07, 6.45) is 1.48. The van der Waals surface area contributed by atoms with Crippen molar-refractivity contribution >= 4 is 18.6 Å². The average Bonchev–Trinajstić information content (AvgIpc) is 2.25. The molecule has 5 heteroatoms. The summed E-state index contributed by atoms with van der Waals surface area (Å²) in [4.78, 5) is 2.01. The Morgan fingerprint density at radius 2 is 1.93 bits per heavy atom. The molecule has 0 N–H and O–H groups in total. The number of hydrogen-bond donors (Lipinski definition) is 0. The van der Waals surface area contributed by atoms with E-state index in [9.17, 15) is 5.21 Å². The normalized spacial score (nSPS) is 25.1. The van der Waals surface area contributed by atoms with Gasteiger partial charge < -0.3 is 5.21 Å². The van der Waals surface area contributed by atoms with Crippen molar-refractivity contribution in [1.29, 1.82) is 0 Å². The van der Waals surface area contributed by atoms with Crippen LogP contribution in [0.25, 0.3) is 0 Å². The van der Waals surface area contributed by atoms with Crippen molar-refractivity contribution in [1.82, 2.24) is 4.90 Å². The van der Waals surface area contributed by atoms with Crippen LogP contribution in [0.4, 0.5) is 0 Å². The molecule has 15 heavy (non-hydrogen) atoms. The zero-order valence-electron chi connectivity index (χ0n) is 9.98. The van der Waals surface area contributed by atoms with E-state index in [1.54, 1.807) is 0 Å². The van der Waals surface area contributed by atoms with Crippen LogP contribution in [-0.4, -0.2) is 46.5 Å². The van der Waals surface area contributed by atoms with Gasteiger partial charge in [0.05, 0.1) is 0 Å². The topological polar surface area (TPSA) is 54.0 Å². The molecule has 0 fully saturated rings. The van der Waals surface area contributed by atoms with Gasteiger partial charge in [0.2, 0.25) is 11.4 Å². The van der Waals surface area contributed by atoms with Gasteiger partial charge in [-0.05, 0) is 20.9 Å². The maximum Gasteiger partial charge on any atom is 0.229 e. The van der Waals surface area contributed by atoms with Gasteiger partial charge >= 0.3 is 0 Å². The molecule has 0 aromatic carbocycles. The lowest BCUT2D eigenvalue weighted by Gasteiger charge is -2.32. The molecule has 0 aromatic rings. The summed E-state index contributed by atoms with van der Waals surface area (Å²) in [6, 6.07) is 0. The van der Waals surface area contributed by atoms with Gasteiger partial charge in [-0.15, -0.1) is 0 Å².